The molecule has 140 valence electrons. The van der Waals surface area contributed by atoms with Crippen molar-refractivity contribution in [1.29, 1.82) is 0 Å². The first-order chi connectivity index (χ1) is 13.2. The Morgan fingerprint density at radius 3 is 2.63 bits per heavy atom. The Morgan fingerprint density at radius 1 is 1.04 bits per heavy atom. The summed E-state index contributed by atoms with van der Waals surface area (Å²) in [7, 11) is 1.69. The molecule has 4 heterocycles. The van der Waals surface area contributed by atoms with Crippen LogP contribution in [0.1, 0.15) is 54.6 Å². The first-order valence-electron chi connectivity index (χ1n) is 9.65. The lowest BCUT2D eigenvalue weighted by Crippen LogP contribution is -2.35. The molecule has 3 aromatic heterocycles. The maximum Gasteiger partial charge on any atom is 0.270 e. The quantitative estimate of drug-likeness (QED) is 0.697. The van der Waals surface area contributed by atoms with Crippen LogP contribution in [0, 0.1) is 0 Å². The lowest BCUT2D eigenvalue weighted by atomic mass is 9.96. The predicted molar refractivity (Wildman–Crippen MR) is 99.5 cm³/mol. The normalized spacial score (nSPS) is 19.0. The van der Waals surface area contributed by atoms with Crippen molar-refractivity contribution in [2.45, 2.75) is 44.1 Å². The fourth-order valence-corrected chi connectivity index (χ4v) is 3.94. The van der Waals surface area contributed by atoms with Crippen LogP contribution in [0.5, 0.6) is 0 Å². The first-order valence-corrected chi connectivity index (χ1v) is 9.65. The summed E-state index contributed by atoms with van der Waals surface area (Å²) in [4.78, 5) is 14.5. The van der Waals surface area contributed by atoms with Crippen molar-refractivity contribution < 1.29 is 0 Å². The van der Waals surface area contributed by atoms with Crippen LogP contribution >= 0.6 is 0 Å². The van der Waals surface area contributed by atoms with E-state index in [1.165, 1.54) is 17.5 Å². The largest absolute Gasteiger partial charge is 0.299 e. The van der Waals surface area contributed by atoms with E-state index in [1.807, 2.05) is 16.6 Å². The average molecular weight is 365 g/mol. The van der Waals surface area contributed by atoms with Crippen molar-refractivity contribution in [3.05, 3.63) is 51.8 Å². The third-order valence-corrected chi connectivity index (χ3v) is 5.73. The Labute approximate surface area is 156 Å². The van der Waals surface area contributed by atoms with Gasteiger partial charge in [-0.25, -0.2) is 4.68 Å². The molecule has 1 aliphatic heterocycles. The molecule has 0 amide bonds. The zero-order valence-corrected chi connectivity index (χ0v) is 15.5. The predicted octanol–water partition coefficient (Wildman–Crippen LogP) is 1.48. The Kier molecular flexibility index (Phi) is 4.00. The summed E-state index contributed by atoms with van der Waals surface area (Å²) in [5, 5.41) is 17.6. The van der Waals surface area contributed by atoms with Crippen molar-refractivity contribution in [3.63, 3.8) is 0 Å². The third-order valence-electron chi connectivity index (χ3n) is 5.73. The summed E-state index contributed by atoms with van der Waals surface area (Å²) in [5.74, 6) is 1.96. The van der Waals surface area contributed by atoms with Crippen molar-refractivity contribution in [1.82, 2.24) is 34.5 Å². The Hall–Kier alpha value is -2.61. The van der Waals surface area contributed by atoms with Crippen LogP contribution in [-0.2, 0) is 13.6 Å². The molecule has 1 saturated carbocycles. The smallest absolute Gasteiger partial charge is 0.270 e. The van der Waals surface area contributed by atoms with Crippen LogP contribution in [0.15, 0.2) is 29.2 Å². The van der Waals surface area contributed by atoms with Crippen molar-refractivity contribution in [2.24, 2.45) is 7.05 Å². The monoisotopic (exact) mass is 365 g/mol. The van der Waals surface area contributed by atoms with Gasteiger partial charge in [0, 0.05) is 37.2 Å². The number of fused-ring (bicyclic) bond motifs is 1. The van der Waals surface area contributed by atoms with E-state index in [0.717, 1.165) is 48.7 Å². The molecular weight excluding hydrogens is 342 g/mol. The molecule has 8 nitrogen and oxygen atoms in total. The van der Waals surface area contributed by atoms with E-state index in [2.05, 4.69) is 26.3 Å². The minimum absolute atomic E-state index is 0.0140. The van der Waals surface area contributed by atoms with Gasteiger partial charge in [-0.15, -0.1) is 10.2 Å². The number of aromatic nitrogens is 6. The lowest BCUT2D eigenvalue weighted by Gasteiger charge is -2.30. The zero-order chi connectivity index (χ0) is 18.4. The number of nitrogens with zero attached hydrogens (tertiary/aromatic N) is 7. The Morgan fingerprint density at radius 2 is 1.85 bits per heavy atom. The molecule has 0 aromatic carbocycles. The van der Waals surface area contributed by atoms with Gasteiger partial charge >= 0.3 is 0 Å². The average Bonchev–Trinajstić information content (AvgIpc) is 3.46. The van der Waals surface area contributed by atoms with Gasteiger partial charge in [0.2, 0.25) is 0 Å². The molecule has 3 aromatic rings. The molecule has 27 heavy (non-hydrogen) atoms. The maximum atomic E-state index is 12.2. The molecule has 0 spiro atoms. The second kappa shape index (κ2) is 6.53. The highest BCUT2D eigenvalue weighted by Crippen LogP contribution is 2.39. The van der Waals surface area contributed by atoms with Gasteiger partial charge in [-0.1, -0.05) is 0 Å². The second-order valence-corrected chi connectivity index (χ2v) is 7.70. The fourth-order valence-electron chi connectivity index (χ4n) is 3.94. The summed E-state index contributed by atoms with van der Waals surface area (Å²) in [6.45, 7) is 2.55. The summed E-state index contributed by atoms with van der Waals surface area (Å²) in [6, 6.07) is 5.94. The number of hydrogen-bond acceptors (Lipinski definition) is 6. The lowest BCUT2D eigenvalue weighted by molar-refractivity contribution is 0.199. The maximum absolute atomic E-state index is 12.2. The highest BCUT2D eigenvalue weighted by molar-refractivity contribution is 5.38. The van der Waals surface area contributed by atoms with Crippen LogP contribution in [0.25, 0.3) is 5.65 Å². The van der Waals surface area contributed by atoms with E-state index in [-0.39, 0.29) is 5.56 Å². The molecule has 2 fully saturated rings. The number of rotatable bonds is 4. The van der Waals surface area contributed by atoms with Crippen molar-refractivity contribution in [3.8, 4) is 0 Å². The molecule has 5 rings (SSSR count). The van der Waals surface area contributed by atoms with Gasteiger partial charge < -0.3 is 0 Å². The molecule has 8 heteroatoms. The molecule has 2 aliphatic rings. The van der Waals surface area contributed by atoms with Crippen LogP contribution in [0.3, 0.4) is 0 Å². The number of likely N-dealkylation sites (tertiary alicyclic amines) is 1. The Bertz CT molecular complexity index is 1030. The molecule has 0 N–H and O–H groups in total. The SMILES string of the molecule is Cn1nccc(CN2CCC(c3nnc4ccc(C5CC5)nn34)CC2)c1=O. The number of piperidine rings is 1. The van der Waals surface area contributed by atoms with Gasteiger partial charge in [-0.05, 0) is 57.0 Å². The summed E-state index contributed by atoms with van der Waals surface area (Å²) in [6.07, 6.45) is 6.17. The fraction of sp³-hybridized carbons (Fsp3) is 0.526. The standard InChI is InChI=1S/C19H23N7O/c1-24-19(27)15(6-9-20-24)12-25-10-7-14(8-11-25)18-22-21-17-5-4-16(13-2-3-13)23-26(17)18/h4-6,9,13-14H,2-3,7-8,10-12H2,1H3. The van der Waals surface area contributed by atoms with Gasteiger partial charge in [0.25, 0.3) is 5.56 Å². The summed E-state index contributed by atoms with van der Waals surface area (Å²) < 4.78 is 3.35. The van der Waals surface area contributed by atoms with Crippen LogP contribution in [0.4, 0.5) is 0 Å². The van der Waals surface area contributed by atoms with E-state index in [0.29, 0.717) is 18.4 Å². The van der Waals surface area contributed by atoms with Gasteiger partial charge in [0.1, 0.15) is 0 Å². The third kappa shape index (κ3) is 3.14. The molecule has 0 bridgehead atoms. The Balaban J connectivity index is 1.30. The first kappa shape index (κ1) is 16.6. The molecule has 0 unspecified atom stereocenters. The number of hydrogen-bond donors (Lipinski definition) is 0. The van der Waals surface area contributed by atoms with Gasteiger partial charge in [0.15, 0.2) is 11.5 Å². The minimum Gasteiger partial charge on any atom is -0.299 e. The molecule has 0 radical (unpaired) electrons. The number of aryl methyl sites for hydroxylation is 1. The second-order valence-electron chi connectivity index (χ2n) is 7.70. The van der Waals surface area contributed by atoms with Gasteiger partial charge in [-0.3, -0.25) is 9.69 Å². The van der Waals surface area contributed by atoms with Crippen LogP contribution in [0.2, 0.25) is 0 Å². The minimum atomic E-state index is -0.0140. The highest BCUT2D eigenvalue weighted by Gasteiger charge is 2.28. The van der Waals surface area contributed by atoms with E-state index in [1.54, 1.807) is 13.2 Å². The summed E-state index contributed by atoms with van der Waals surface area (Å²) >= 11 is 0. The molecule has 0 atom stereocenters. The zero-order valence-electron chi connectivity index (χ0n) is 15.5. The molecule has 1 aliphatic carbocycles. The van der Waals surface area contributed by atoms with Crippen molar-refractivity contribution in [2.75, 3.05) is 13.1 Å². The summed E-state index contributed by atoms with van der Waals surface area (Å²) in [5.41, 5.74) is 2.78. The van der Waals surface area contributed by atoms with Crippen LogP contribution in [-0.4, -0.2) is 47.6 Å². The van der Waals surface area contributed by atoms with E-state index in [9.17, 15) is 4.79 Å². The topological polar surface area (TPSA) is 81.2 Å². The van der Waals surface area contributed by atoms with Gasteiger partial charge in [-0.2, -0.15) is 14.7 Å². The van der Waals surface area contributed by atoms with E-state index >= 15 is 0 Å². The highest BCUT2D eigenvalue weighted by atomic mass is 16.1. The van der Waals surface area contributed by atoms with E-state index in [4.69, 9.17) is 5.10 Å². The molecular formula is C19H23N7O. The molecule has 1 saturated heterocycles. The van der Waals surface area contributed by atoms with E-state index < -0.39 is 0 Å². The van der Waals surface area contributed by atoms with Crippen molar-refractivity contribution >= 4 is 5.65 Å². The van der Waals surface area contributed by atoms with Crippen LogP contribution < -0.4 is 5.56 Å². The van der Waals surface area contributed by atoms with Gasteiger partial charge in [0.05, 0.1) is 5.69 Å².